The van der Waals surface area contributed by atoms with E-state index in [-0.39, 0.29) is 0 Å². The predicted octanol–water partition coefficient (Wildman–Crippen LogP) is 0.696. The van der Waals surface area contributed by atoms with Gasteiger partial charge in [0.1, 0.15) is 0 Å². The maximum Gasteiger partial charge on any atom is 0.203 e. The van der Waals surface area contributed by atoms with Crippen molar-refractivity contribution in [2.24, 2.45) is 0 Å². The molecule has 1 heterocycles. The van der Waals surface area contributed by atoms with Crippen LogP contribution in [0.15, 0.2) is 3.92 Å². The third-order valence-electron chi connectivity index (χ3n) is 0.276. The van der Waals surface area contributed by atoms with Crippen LogP contribution in [0.4, 0.5) is 0 Å². The highest BCUT2D eigenvalue weighted by Gasteiger charge is 1.83. The standard InChI is InChI=1S/CBrN3S/c2-1-3-4-5-6-1. The van der Waals surface area contributed by atoms with Crippen LogP contribution in [0.25, 0.3) is 0 Å². The van der Waals surface area contributed by atoms with E-state index in [9.17, 15) is 0 Å². The zero-order valence-electron chi connectivity index (χ0n) is 2.63. The molecular formula is CBrN3S. The van der Waals surface area contributed by atoms with Gasteiger partial charge in [-0.05, 0) is 21.1 Å². The molecule has 0 fully saturated rings. The first kappa shape index (κ1) is 4.14. The van der Waals surface area contributed by atoms with Crippen molar-refractivity contribution in [3.8, 4) is 0 Å². The lowest BCUT2D eigenvalue weighted by Crippen LogP contribution is -1.63. The fraction of sp³-hybridized carbons (Fsp3) is 0. The monoisotopic (exact) mass is 165 g/mol. The summed E-state index contributed by atoms with van der Waals surface area (Å²) in [6, 6.07) is 0. The molecule has 0 aromatic carbocycles. The molecule has 0 amide bonds. The average molecular weight is 166 g/mol. The molecule has 1 rings (SSSR count). The largest absolute Gasteiger partial charge is 0.203 e. The van der Waals surface area contributed by atoms with Gasteiger partial charge in [0.25, 0.3) is 0 Å². The Kier molecular flexibility index (Phi) is 1.11. The molecule has 0 bridgehead atoms. The predicted molar refractivity (Wildman–Crippen MR) is 25.4 cm³/mol. The van der Waals surface area contributed by atoms with Crippen LogP contribution >= 0.6 is 27.5 Å². The minimum Gasteiger partial charge on any atom is -0.109 e. The Balaban J connectivity index is 3.05. The first-order valence-corrected chi connectivity index (χ1v) is 2.77. The molecule has 0 spiro atoms. The molecule has 0 atom stereocenters. The molecule has 0 saturated heterocycles. The smallest absolute Gasteiger partial charge is 0.109 e. The second kappa shape index (κ2) is 1.61. The third-order valence-corrected chi connectivity index (χ3v) is 1.26. The van der Waals surface area contributed by atoms with Crippen molar-refractivity contribution < 1.29 is 0 Å². The minimum absolute atomic E-state index is 0.725. The zero-order chi connectivity index (χ0) is 4.41. The highest BCUT2D eigenvalue weighted by atomic mass is 79.9. The van der Waals surface area contributed by atoms with E-state index in [1.807, 2.05) is 0 Å². The van der Waals surface area contributed by atoms with Crippen LogP contribution in [-0.2, 0) is 0 Å². The molecule has 5 heteroatoms. The normalized spacial score (nSPS) is 8.83. The lowest BCUT2D eigenvalue weighted by Gasteiger charge is -1.55. The van der Waals surface area contributed by atoms with Crippen molar-refractivity contribution in [3.63, 3.8) is 0 Å². The van der Waals surface area contributed by atoms with Gasteiger partial charge in [0.15, 0.2) is 0 Å². The van der Waals surface area contributed by atoms with Gasteiger partial charge in [-0.1, -0.05) is 4.49 Å². The summed E-state index contributed by atoms with van der Waals surface area (Å²) in [5.74, 6) is 0. The van der Waals surface area contributed by atoms with E-state index >= 15 is 0 Å². The van der Waals surface area contributed by atoms with Gasteiger partial charge in [0.2, 0.25) is 3.92 Å². The highest BCUT2D eigenvalue weighted by molar-refractivity contribution is 9.11. The lowest BCUT2D eigenvalue weighted by molar-refractivity contribution is 0.948. The molecule has 0 aliphatic rings. The molecule has 0 aliphatic carbocycles. The Bertz CT molecular complexity index is 114. The first-order valence-electron chi connectivity index (χ1n) is 1.20. The summed E-state index contributed by atoms with van der Waals surface area (Å²) >= 11 is 4.29. The van der Waals surface area contributed by atoms with Crippen molar-refractivity contribution in [2.75, 3.05) is 0 Å². The van der Waals surface area contributed by atoms with Crippen LogP contribution in [0.1, 0.15) is 0 Å². The van der Waals surface area contributed by atoms with Crippen LogP contribution in [0, 0.1) is 0 Å². The SMILES string of the molecule is Brc1nnns1. The summed E-state index contributed by atoms with van der Waals surface area (Å²) in [4.78, 5) is 0. The fourth-order valence-electron chi connectivity index (χ4n) is 0.124. The maximum absolute atomic E-state index is 3.49. The number of aromatic nitrogens is 3. The Labute approximate surface area is 46.7 Å². The van der Waals surface area contributed by atoms with Gasteiger partial charge in [-0.3, -0.25) is 0 Å². The molecule has 3 nitrogen and oxygen atoms in total. The number of rotatable bonds is 0. The van der Waals surface area contributed by atoms with E-state index in [2.05, 4.69) is 30.7 Å². The molecule has 1 aromatic heterocycles. The second-order valence-corrected chi connectivity index (χ2v) is 2.62. The Morgan fingerprint density at radius 3 is 2.67 bits per heavy atom. The number of nitrogens with zero attached hydrogens (tertiary/aromatic N) is 3. The molecule has 6 heavy (non-hydrogen) atoms. The van der Waals surface area contributed by atoms with Crippen molar-refractivity contribution in [1.29, 1.82) is 0 Å². The van der Waals surface area contributed by atoms with Gasteiger partial charge >= 0.3 is 0 Å². The number of hydrogen-bond donors (Lipinski definition) is 0. The van der Waals surface area contributed by atoms with Gasteiger partial charge in [-0.2, -0.15) is 0 Å². The van der Waals surface area contributed by atoms with Crippen LogP contribution in [-0.4, -0.2) is 14.8 Å². The molecular weight excluding hydrogens is 166 g/mol. The fourth-order valence-corrected chi connectivity index (χ4v) is 0.602. The van der Waals surface area contributed by atoms with Crippen LogP contribution < -0.4 is 0 Å². The third kappa shape index (κ3) is 0.721. The Morgan fingerprint density at radius 2 is 2.50 bits per heavy atom. The first-order chi connectivity index (χ1) is 2.89. The zero-order valence-corrected chi connectivity index (χ0v) is 5.03. The van der Waals surface area contributed by atoms with Crippen molar-refractivity contribution in [3.05, 3.63) is 3.92 Å². The van der Waals surface area contributed by atoms with Gasteiger partial charge in [-0.15, -0.1) is 5.10 Å². The molecule has 0 N–H and O–H groups in total. The van der Waals surface area contributed by atoms with E-state index < -0.39 is 0 Å². The maximum atomic E-state index is 3.49. The summed E-state index contributed by atoms with van der Waals surface area (Å²) in [6.07, 6.45) is 0. The molecule has 1 aromatic rings. The van der Waals surface area contributed by atoms with Gasteiger partial charge < -0.3 is 0 Å². The molecule has 0 unspecified atom stereocenters. The van der Waals surface area contributed by atoms with Crippen molar-refractivity contribution in [2.45, 2.75) is 0 Å². The van der Waals surface area contributed by atoms with E-state index in [1.165, 1.54) is 11.5 Å². The van der Waals surface area contributed by atoms with Crippen LogP contribution in [0.2, 0.25) is 0 Å². The molecule has 0 radical (unpaired) electrons. The van der Waals surface area contributed by atoms with Crippen LogP contribution in [0.3, 0.4) is 0 Å². The average Bonchev–Trinajstić information content (AvgIpc) is 1.86. The quantitative estimate of drug-likeness (QED) is 0.569. The van der Waals surface area contributed by atoms with E-state index in [1.54, 1.807) is 0 Å². The minimum atomic E-state index is 0.725. The molecule has 0 aliphatic heterocycles. The van der Waals surface area contributed by atoms with Crippen molar-refractivity contribution >= 4 is 27.5 Å². The summed E-state index contributed by atoms with van der Waals surface area (Å²) in [5.41, 5.74) is 0. The van der Waals surface area contributed by atoms with E-state index in [0.717, 1.165) is 3.92 Å². The van der Waals surface area contributed by atoms with E-state index in [4.69, 9.17) is 0 Å². The van der Waals surface area contributed by atoms with Gasteiger partial charge in [0.05, 0.1) is 0 Å². The Morgan fingerprint density at radius 1 is 1.67 bits per heavy atom. The summed E-state index contributed by atoms with van der Waals surface area (Å²) in [7, 11) is 0. The molecule has 32 valence electrons. The van der Waals surface area contributed by atoms with Crippen molar-refractivity contribution in [1.82, 2.24) is 14.8 Å². The van der Waals surface area contributed by atoms with E-state index in [0.29, 0.717) is 0 Å². The number of hydrogen-bond acceptors (Lipinski definition) is 4. The topological polar surface area (TPSA) is 38.7 Å². The number of halogens is 1. The lowest BCUT2D eigenvalue weighted by atomic mass is 11.6. The Hall–Kier alpha value is -0.0300. The summed E-state index contributed by atoms with van der Waals surface area (Å²) in [6.45, 7) is 0. The second-order valence-electron chi connectivity index (χ2n) is 0.615. The highest BCUT2D eigenvalue weighted by Crippen LogP contribution is 2.04. The molecule has 0 saturated carbocycles. The van der Waals surface area contributed by atoms with Gasteiger partial charge in [0, 0.05) is 11.5 Å². The van der Waals surface area contributed by atoms with Crippen LogP contribution in [0.5, 0.6) is 0 Å². The summed E-state index contributed by atoms with van der Waals surface area (Å²) in [5, 5.41) is 6.78. The van der Waals surface area contributed by atoms with Gasteiger partial charge in [-0.25, -0.2) is 0 Å². The summed E-state index contributed by atoms with van der Waals surface area (Å²) < 4.78 is 4.18.